The number of carbonyl (C=O) groups is 1. The summed E-state index contributed by atoms with van der Waals surface area (Å²) in [5.41, 5.74) is 2.91. The second kappa shape index (κ2) is 8.47. The zero-order chi connectivity index (χ0) is 22.1. The van der Waals surface area contributed by atoms with E-state index in [9.17, 15) is 4.79 Å². The molecule has 5 rings (SSSR count). The van der Waals surface area contributed by atoms with Crippen LogP contribution in [-0.2, 0) is 17.9 Å². The van der Waals surface area contributed by atoms with Gasteiger partial charge in [-0.3, -0.25) is 19.7 Å². The van der Waals surface area contributed by atoms with Gasteiger partial charge in [0.2, 0.25) is 5.91 Å². The third kappa shape index (κ3) is 3.81. The molecule has 0 radical (unpaired) electrons. The smallest absolute Gasteiger partial charge is 0.231 e. The van der Waals surface area contributed by atoms with E-state index in [2.05, 4.69) is 51.6 Å². The van der Waals surface area contributed by atoms with Gasteiger partial charge in [0.1, 0.15) is 0 Å². The van der Waals surface area contributed by atoms with Crippen molar-refractivity contribution in [1.82, 2.24) is 29.3 Å². The number of nitrogens with zero attached hydrogens (tertiary/aromatic N) is 6. The summed E-state index contributed by atoms with van der Waals surface area (Å²) in [6.07, 6.45) is 12.2. The summed E-state index contributed by atoms with van der Waals surface area (Å²) in [4.78, 5) is 31.4. The largest absolute Gasteiger partial charge is 0.338 e. The fourth-order valence-electron chi connectivity index (χ4n) is 5.26. The number of pyridine rings is 2. The van der Waals surface area contributed by atoms with E-state index in [-0.39, 0.29) is 11.8 Å². The quantitative estimate of drug-likeness (QED) is 0.600. The van der Waals surface area contributed by atoms with Gasteiger partial charge in [-0.05, 0) is 49.6 Å². The first-order valence-electron chi connectivity index (χ1n) is 11.4. The highest BCUT2D eigenvalue weighted by Crippen LogP contribution is 2.50. The second-order valence-corrected chi connectivity index (χ2v) is 9.41. The monoisotopic (exact) mass is 430 g/mol. The van der Waals surface area contributed by atoms with E-state index in [4.69, 9.17) is 4.98 Å². The average Bonchev–Trinajstić information content (AvgIpc) is 3.50. The van der Waals surface area contributed by atoms with Gasteiger partial charge in [-0.1, -0.05) is 6.07 Å². The van der Waals surface area contributed by atoms with Crippen molar-refractivity contribution in [1.29, 1.82) is 0 Å². The van der Waals surface area contributed by atoms with Crippen molar-refractivity contribution in [3.8, 4) is 0 Å². The molecule has 2 unspecified atom stereocenters. The fraction of sp³-hybridized carbons (Fsp3) is 0.440. The molecule has 7 nitrogen and oxygen atoms in total. The molecule has 32 heavy (non-hydrogen) atoms. The van der Waals surface area contributed by atoms with Crippen LogP contribution in [0.3, 0.4) is 0 Å². The number of hydrogen-bond acceptors (Lipinski definition) is 5. The lowest BCUT2D eigenvalue weighted by Gasteiger charge is -2.28. The Morgan fingerprint density at radius 3 is 2.66 bits per heavy atom. The Hall–Kier alpha value is -3.06. The maximum Gasteiger partial charge on any atom is 0.231 e. The van der Waals surface area contributed by atoms with E-state index in [1.807, 2.05) is 42.0 Å². The Morgan fingerprint density at radius 1 is 1.09 bits per heavy atom. The number of imidazole rings is 1. The van der Waals surface area contributed by atoms with Gasteiger partial charge < -0.3 is 9.47 Å². The molecule has 7 heteroatoms. The highest BCUT2D eigenvalue weighted by atomic mass is 16.2. The summed E-state index contributed by atoms with van der Waals surface area (Å²) in [5, 5.41) is 0. The number of carbonyl (C=O) groups excluding carboxylic acids is 1. The minimum Gasteiger partial charge on any atom is -0.338 e. The highest BCUT2D eigenvalue weighted by Gasteiger charge is 2.57. The zero-order valence-corrected chi connectivity index (χ0v) is 18.8. The van der Waals surface area contributed by atoms with Crippen LogP contribution >= 0.6 is 0 Å². The molecular weight excluding hydrogens is 400 g/mol. The Morgan fingerprint density at radius 2 is 1.94 bits per heavy atom. The number of amides is 1. The van der Waals surface area contributed by atoms with Gasteiger partial charge in [0.15, 0.2) is 0 Å². The van der Waals surface area contributed by atoms with Crippen LogP contribution in [0.1, 0.15) is 49.0 Å². The number of aromatic nitrogens is 4. The Balaban J connectivity index is 1.43. The summed E-state index contributed by atoms with van der Waals surface area (Å²) in [6, 6.07) is 8.43. The molecule has 0 aromatic carbocycles. The van der Waals surface area contributed by atoms with E-state index in [0.717, 1.165) is 43.9 Å². The number of likely N-dealkylation sites (tertiary alicyclic amines) is 2. The maximum absolute atomic E-state index is 13.9. The Kier molecular flexibility index (Phi) is 5.51. The van der Waals surface area contributed by atoms with Crippen molar-refractivity contribution in [3.63, 3.8) is 0 Å². The topological polar surface area (TPSA) is 67.2 Å². The Bertz CT molecular complexity index is 1070. The van der Waals surface area contributed by atoms with Gasteiger partial charge in [0, 0.05) is 75.7 Å². The summed E-state index contributed by atoms with van der Waals surface area (Å²) >= 11 is 0. The normalized spacial score (nSPS) is 23.7. The van der Waals surface area contributed by atoms with Crippen LogP contribution < -0.4 is 0 Å². The molecule has 1 amide bonds. The van der Waals surface area contributed by atoms with E-state index in [0.29, 0.717) is 12.6 Å². The van der Waals surface area contributed by atoms with Gasteiger partial charge in [-0.15, -0.1) is 0 Å². The average molecular weight is 431 g/mol. The van der Waals surface area contributed by atoms with Gasteiger partial charge in [-0.2, -0.15) is 0 Å². The molecule has 0 aliphatic carbocycles. The molecule has 2 aliphatic rings. The van der Waals surface area contributed by atoms with E-state index < -0.39 is 5.41 Å². The molecule has 2 atom stereocenters. The van der Waals surface area contributed by atoms with Crippen LogP contribution in [0, 0.1) is 5.41 Å². The Labute approximate surface area is 189 Å². The molecule has 3 aromatic heterocycles. The SMILES string of the molecule is CC(C)n1cnc(C2CN(Cc3ccncc3)CC23CCN(Cc2cccnc2)C3=O)c1. The summed E-state index contributed by atoms with van der Waals surface area (Å²) in [6.45, 7) is 8.12. The molecular formula is C25H30N6O. The molecule has 0 N–H and O–H groups in total. The predicted molar refractivity (Wildman–Crippen MR) is 122 cm³/mol. The summed E-state index contributed by atoms with van der Waals surface area (Å²) in [5.74, 6) is 0.346. The van der Waals surface area contributed by atoms with E-state index in [1.54, 1.807) is 6.20 Å². The van der Waals surface area contributed by atoms with E-state index in [1.165, 1.54) is 5.56 Å². The first-order chi connectivity index (χ1) is 15.5. The maximum atomic E-state index is 13.9. The molecule has 2 saturated heterocycles. The molecule has 1 spiro atoms. The van der Waals surface area contributed by atoms with Crippen LogP contribution in [0.25, 0.3) is 0 Å². The molecule has 5 heterocycles. The molecule has 0 saturated carbocycles. The third-order valence-corrected chi connectivity index (χ3v) is 6.98. The van der Waals surface area contributed by atoms with Crippen LogP contribution in [0.5, 0.6) is 0 Å². The van der Waals surface area contributed by atoms with Crippen LogP contribution in [0.4, 0.5) is 0 Å². The van der Waals surface area contributed by atoms with Gasteiger partial charge >= 0.3 is 0 Å². The van der Waals surface area contributed by atoms with Crippen molar-refractivity contribution in [3.05, 3.63) is 78.4 Å². The van der Waals surface area contributed by atoms with Crippen molar-refractivity contribution in [2.45, 2.75) is 45.3 Å². The molecule has 2 aliphatic heterocycles. The summed E-state index contributed by atoms with van der Waals surface area (Å²) < 4.78 is 2.14. The molecule has 0 bridgehead atoms. The van der Waals surface area contributed by atoms with Gasteiger partial charge in [0.25, 0.3) is 0 Å². The predicted octanol–water partition coefficient (Wildman–Crippen LogP) is 3.27. The van der Waals surface area contributed by atoms with Crippen LogP contribution in [-0.4, -0.2) is 54.9 Å². The van der Waals surface area contributed by atoms with Crippen LogP contribution in [0.2, 0.25) is 0 Å². The van der Waals surface area contributed by atoms with Crippen molar-refractivity contribution >= 4 is 5.91 Å². The lowest BCUT2D eigenvalue weighted by molar-refractivity contribution is -0.136. The lowest BCUT2D eigenvalue weighted by atomic mass is 9.75. The standard InChI is InChI=1S/C25H30N6O/c1-19(2)31-16-23(28-18-31)22-15-29(13-20-5-9-26-10-6-20)17-25(22)7-11-30(24(25)32)14-21-4-3-8-27-12-21/h3-6,8-10,12,16,18-19,22H,7,11,13-15,17H2,1-2H3. The second-order valence-electron chi connectivity index (χ2n) is 9.41. The summed E-state index contributed by atoms with van der Waals surface area (Å²) in [7, 11) is 0. The molecule has 166 valence electrons. The van der Waals surface area contributed by atoms with Crippen molar-refractivity contribution in [2.24, 2.45) is 5.41 Å². The first kappa shape index (κ1) is 20.8. The molecule has 2 fully saturated rings. The van der Waals surface area contributed by atoms with Crippen molar-refractivity contribution in [2.75, 3.05) is 19.6 Å². The molecule has 3 aromatic rings. The zero-order valence-electron chi connectivity index (χ0n) is 18.8. The van der Waals surface area contributed by atoms with Gasteiger partial charge in [0.05, 0.1) is 17.4 Å². The number of hydrogen-bond donors (Lipinski definition) is 0. The minimum atomic E-state index is -0.425. The first-order valence-corrected chi connectivity index (χ1v) is 11.4. The van der Waals surface area contributed by atoms with Crippen molar-refractivity contribution < 1.29 is 4.79 Å². The minimum absolute atomic E-state index is 0.0933. The van der Waals surface area contributed by atoms with Crippen LogP contribution in [0.15, 0.2) is 61.6 Å². The van der Waals surface area contributed by atoms with Gasteiger partial charge in [-0.25, -0.2) is 4.98 Å². The fourth-order valence-corrected chi connectivity index (χ4v) is 5.26. The third-order valence-electron chi connectivity index (χ3n) is 6.98. The lowest BCUT2D eigenvalue weighted by Crippen LogP contribution is -2.39. The van der Waals surface area contributed by atoms with E-state index >= 15 is 0 Å². The number of rotatable bonds is 6. The highest BCUT2D eigenvalue weighted by molar-refractivity contribution is 5.86.